The Morgan fingerprint density at radius 3 is 2.65 bits per heavy atom. The Kier molecular flexibility index (Phi) is 5.45. The molecule has 0 heterocycles. The third kappa shape index (κ3) is 3.74. The molecule has 1 aromatic carbocycles. The van der Waals surface area contributed by atoms with Crippen LogP contribution in [0.15, 0.2) is 18.2 Å². The molecule has 0 N–H and O–H groups in total. The van der Waals surface area contributed by atoms with E-state index in [-0.39, 0.29) is 17.8 Å². The number of nitrogens with zero attached hydrogens (tertiary/aromatic N) is 1. The number of nitriles is 1. The van der Waals surface area contributed by atoms with E-state index < -0.39 is 0 Å². The molecule has 0 aromatic heterocycles. The predicted octanol–water partition coefficient (Wildman–Crippen LogP) is 4.11. The first kappa shape index (κ1) is 15.3. The molecule has 0 radical (unpaired) electrons. The Bertz CT molecular complexity index is 533. The molecule has 1 aromatic rings. The second kappa shape index (κ2) is 7.10. The van der Waals surface area contributed by atoms with Crippen molar-refractivity contribution in [3.8, 4) is 11.8 Å². The van der Waals surface area contributed by atoms with Gasteiger partial charge in [0.1, 0.15) is 17.6 Å². The molecule has 1 fully saturated rings. The fourth-order valence-electron chi connectivity index (χ4n) is 2.46. The number of carbonyl (C=O) groups is 1. The standard InChI is InChI=1S/C15H15BrClNO2/c16-8-15(19)10-1-4-12(5-2-10)20-13-6-3-11(9-18)14(17)7-13/h3,6-7,10,12H,1-2,4-5,8H2. The zero-order chi connectivity index (χ0) is 14.5. The van der Waals surface area contributed by atoms with Crippen LogP contribution in [0.25, 0.3) is 0 Å². The molecule has 0 atom stereocenters. The average molecular weight is 357 g/mol. The van der Waals surface area contributed by atoms with Crippen LogP contribution in [0.5, 0.6) is 5.75 Å². The van der Waals surface area contributed by atoms with Gasteiger partial charge in [0.2, 0.25) is 0 Å². The molecule has 20 heavy (non-hydrogen) atoms. The summed E-state index contributed by atoms with van der Waals surface area (Å²) in [6, 6.07) is 7.13. The lowest BCUT2D eigenvalue weighted by atomic mass is 9.85. The van der Waals surface area contributed by atoms with E-state index in [1.54, 1.807) is 18.2 Å². The van der Waals surface area contributed by atoms with Gasteiger partial charge < -0.3 is 4.74 Å². The molecule has 0 unspecified atom stereocenters. The molecule has 5 heteroatoms. The highest BCUT2D eigenvalue weighted by molar-refractivity contribution is 9.09. The Labute approximate surface area is 132 Å². The third-order valence-electron chi connectivity index (χ3n) is 3.63. The number of ketones is 1. The van der Waals surface area contributed by atoms with Crippen molar-refractivity contribution in [2.45, 2.75) is 31.8 Å². The number of carbonyl (C=O) groups excluding carboxylic acids is 1. The van der Waals surface area contributed by atoms with Gasteiger partial charge in [0, 0.05) is 12.0 Å². The van der Waals surface area contributed by atoms with Crippen LogP contribution in [-0.4, -0.2) is 17.2 Å². The Morgan fingerprint density at radius 2 is 2.10 bits per heavy atom. The maximum absolute atomic E-state index is 11.6. The maximum Gasteiger partial charge on any atom is 0.146 e. The Morgan fingerprint density at radius 1 is 1.40 bits per heavy atom. The van der Waals surface area contributed by atoms with Crippen LogP contribution in [0.3, 0.4) is 0 Å². The van der Waals surface area contributed by atoms with Crippen molar-refractivity contribution in [1.82, 2.24) is 0 Å². The SMILES string of the molecule is N#Cc1ccc(OC2CCC(C(=O)CBr)CC2)cc1Cl. The molecule has 0 bridgehead atoms. The van der Waals surface area contributed by atoms with Crippen molar-refractivity contribution in [1.29, 1.82) is 5.26 Å². The summed E-state index contributed by atoms with van der Waals surface area (Å²) < 4.78 is 5.88. The summed E-state index contributed by atoms with van der Waals surface area (Å²) >= 11 is 9.20. The van der Waals surface area contributed by atoms with E-state index in [0.717, 1.165) is 25.7 Å². The minimum absolute atomic E-state index is 0.123. The molecule has 0 amide bonds. The van der Waals surface area contributed by atoms with Crippen LogP contribution < -0.4 is 4.74 Å². The van der Waals surface area contributed by atoms with Crippen LogP contribution in [0.1, 0.15) is 31.2 Å². The highest BCUT2D eigenvalue weighted by Gasteiger charge is 2.26. The normalized spacial score (nSPS) is 22.1. The summed E-state index contributed by atoms with van der Waals surface area (Å²) in [4.78, 5) is 11.6. The van der Waals surface area contributed by atoms with Gasteiger partial charge in [0.25, 0.3) is 0 Å². The maximum atomic E-state index is 11.6. The number of ether oxygens (including phenoxy) is 1. The number of hydrogen-bond acceptors (Lipinski definition) is 3. The van der Waals surface area contributed by atoms with Crippen LogP contribution in [0.4, 0.5) is 0 Å². The van der Waals surface area contributed by atoms with E-state index in [1.807, 2.05) is 6.07 Å². The zero-order valence-corrected chi connectivity index (χ0v) is 13.3. The first-order chi connectivity index (χ1) is 9.63. The van der Waals surface area contributed by atoms with Gasteiger partial charge in [-0.3, -0.25) is 4.79 Å². The molecule has 0 aliphatic heterocycles. The van der Waals surface area contributed by atoms with Gasteiger partial charge in [0.15, 0.2) is 0 Å². The van der Waals surface area contributed by atoms with Crippen molar-refractivity contribution in [2.24, 2.45) is 5.92 Å². The van der Waals surface area contributed by atoms with Gasteiger partial charge in [-0.25, -0.2) is 0 Å². The summed E-state index contributed by atoms with van der Waals surface area (Å²) in [5.41, 5.74) is 0.450. The number of hydrogen-bond donors (Lipinski definition) is 0. The highest BCUT2D eigenvalue weighted by atomic mass is 79.9. The van der Waals surface area contributed by atoms with Crippen LogP contribution in [0, 0.1) is 17.2 Å². The topological polar surface area (TPSA) is 50.1 Å². The first-order valence-electron chi connectivity index (χ1n) is 6.59. The number of benzene rings is 1. The molecule has 106 valence electrons. The van der Waals surface area contributed by atoms with Gasteiger partial charge in [-0.2, -0.15) is 5.26 Å². The number of alkyl halides is 1. The van der Waals surface area contributed by atoms with E-state index in [9.17, 15) is 4.79 Å². The van der Waals surface area contributed by atoms with E-state index in [4.69, 9.17) is 21.6 Å². The van der Waals surface area contributed by atoms with E-state index in [0.29, 0.717) is 21.7 Å². The smallest absolute Gasteiger partial charge is 0.146 e. The number of halogens is 2. The van der Waals surface area contributed by atoms with Crippen molar-refractivity contribution < 1.29 is 9.53 Å². The van der Waals surface area contributed by atoms with E-state index in [1.165, 1.54) is 0 Å². The lowest BCUT2D eigenvalue weighted by Gasteiger charge is -2.28. The molecule has 1 saturated carbocycles. The van der Waals surface area contributed by atoms with Gasteiger partial charge in [-0.15, -0.1) is 0 Å². The molecular formula is C15H15BrClNO2. The second-order valence-corrected chi connectivity index (χ2v) is 5.91. The summed E-state index contributed by atoms with van der Waals surface area (Å²) in [6.45, 7) is 0. The van der Waals surface area contributed by atoms with E-state index >= 15 is 0 Å². The monoisotopic (exact) mass is 355 g/mol. The predicted molar refractivity (Wildman–Crippen MR) is 81.3 cm³/mol. The van der Waals surface area contributed by atoms with Crippen LogP contribution in [0.2, 0.25) is 5.02 Å². The summed E-state index contributed by atoms with van der Waals surface area (Å²) in [5.74, 6) is 1.13. The Balaban J connectivity index is 1.91. The molecule has 0 saturated heterocycles. The second-order valence-electron chi connectivity index (χ2n) is 4.94. The zero-order valence-electron chi connectivity index (χ0n) is 10.9. The van der Waals surface area contributed by atoms with Crippen molar-refractivity contribution in [3.63, 3.8) is 0 Å². The van der Waals surface area contributed by atoms with Crippen molar-refractivity contribution in [2.75, 3.05) is 5.33 Å². The van der Waals surface area contributed by atoms with Gasteiger partial charge in [-0.05, 0) is 37.8 Å². The lowest BCUT2D eigenvalue weighted by molar-refractivity contribution is -0.121. The molecule has 0 spiro atoms. The molecule has 1 aliphatic carbocycles. The van der Waals surface area contributed by atoms with Gasteiger partial charge in [0.05, 0.1) is 22.0 Å². The third-order valence-corrected chi connectivity index (χ3v) is 4.49. The number of rotatable bonds is 4. The number of Topliss-reactive ketones (excluding diaryl/α,β-unsaturated/α-hetero) is 1. The van der Waals surface area contributed by atoms with Gasteiger partial charge in [-0.1, -0.05) is 27.5 Å². The summed E-state index contributed by atoms with van der Waals surface area (Å²) in [6.07, 6.45) is 3.62. The molecule has 1 aliphatic rings. The fraction of sp³-hybridized carbons (Fsp3) is 0.467. The van der Waals surface area contributed by atoms with E-state index in [2.05, 4.69) is 15.9 Å². The van der Waals surface area contributed by atoms with Crippen molar-refractivity contribution in [3.05, 3.63) is 28.8 Å². The molecular weight excluding hydrogens is 342 g/mol. The average Bonchev–Trinajstić information content (AvgIpc) is 2.47. The minimum atomic E-state index is 0.123. The summed E-state index contributed by atoms with van der Waals surface area (Å²) in [7, 11) is 0. The van der Waals surface area contributed by atoms with Crippen LogP contribution in [-0.2, 0) is 4.79 Å². The van der Waals surface area contributed by atoms with Gasteiger partial charge >= 0.3 is 0 Å². The minimum Gasteiger partial charge on any atom is -0.490 e. The van der Waals surface area contributed by atoms with Crippen molar-refractivity contribution >= 4 is 33.3 Å². The fourth-order valence-corrected chi connectivity index (χ4v) is 3.13. The quantitative estimate of drug-likeness (QED) is 0.763. The Hall–Kier alpha value is -1.05. The summed E-state index contributed by atoms with van der Waals surface area (Å²) in [5, 5.41) is 9.67. The first-order valence-corrected chi connectivity index (χ1v) is 8.09. The highest BCUT2D eigenvalue weighted by Crippen LogP contribution is 2.30. The largest absolute Gasteiger partial charge is 0.490 e. The molecule has 2 rings (SSSR count). The van der Waals surface area contributed by atoms with Crippen LogP contribution >= 0.6 is 27.5 Å². The lowest BCUT2D eigenvalue weighted by Crippen LogP contribution is -2.28. The molecule has 3 nitrogen and oxygen atoms in total.